The highest BCUT2D eigenvalue weighted by Gasteiger charge is 2.15. The number of rotatable bonds is 2. The summed E-state index contributed by atoms with van der Waals surface area (Å²) in [6.07, 6.45) is 0. The molecule has 2 aromatic carbocycles. The zero-order valence-electron chi connectivity index (χ0n) is 10.4. The van der Waals surface area contributed by atoms with Crippen LogP contribution in [-0.2, 0) is 14.3 Å². The molecule has 0 aliphatic rings. The van der Waals surface area contributed by atoms with Crippen molar-refractivity contribution in [3.8, 4) is 11.1 Å². The summed E-state index contributed by atoms with van der Waals surface area (Å²) >= 11 is 0. The number of para-hydroxylation sites is 1. The first kappa shape index (κ1) is 12.8. The van der Waals surface area contributed by atoms with Crippen LogP contribution in [0.5, 0.6) is 0 Å². The molecule has 0 aliphatic carbocycles. The molecule has 0 heterocycles. The highest BCUT2D eigenvalue weighted by molar-refractivity contribution is 6.37. The third kappa shape index (κ3) is 2.98. The molecule has 2 aromatic rings. The summed E-state index contributed by atoms with van der Waals surface area (Å²) in [7, 11) is 1.17. The maximum Gasteiger partial charge on any atom is 0.396 e. The van der Waals surface area contributed by atoms with Crippen LogP contribution in [0.15, 0.2) is 54.6 Å². The lowest BCUT2D eigenvalue weighted by Crippen LogP contribution is -2.24. The van der Waals surface area contributed by atoms with Gasteiger partial charge in [-0.1, -0.05) is 48.5 Å². The van der Waals surface area contributed by atoms with E-state index in [1.54, 1.807) is 12.1 Å². The standard InChI is InChI=1S/C15H13NO3/c1-19-15(18)14(17)16-13-10-6-5-9-12(13)11-7-3-2-4-8-11/h2-10H,1H3,(H,16,17). The van der Waals surface area contributed by atoms with Gasteiger partial charge in [-0.3, -0.25) is 4.79 Å². The van der Waals surface area contributed by atoms with Crippen molar-refractivity contribution in [3.63, 3.8) is 0 Å². The Balaban J connectivity index is 2.32. The van der Waals surface area contributed by atoms with Gasteiger partial charge in [-0.05, 0) is 11.6 Å². The minimum Gasteiger partial charge on any atom is -0.462 e. The minimum absolute atomic E-state index is 0.573. The molecule has 96 valence electrons. The zero-order chi connectivity index (χ0) is 13.7. The van der Waals surface area contributed by atoms with Crippen LogP contribution in [0.1, 0.15) is 0 Å². The molecule has 0 saturated carbocycles. The molecular formula is C15H13NO3. The van der Waals surface area contributed by atoms with Crippen molar-refractivity contribution < 1.29 is 14.3 Å². The molecule has 19 heavy (non-hydrogen) atoms. The van der Waals surface area contributed by atoms with Crippen LogP contribution in [0.25, 0.3) is 11.1 Å². The average molecular weight is 255 g/mol. The molecule has 1 amide bonds. The predicted molar refractivity (Wildman–Crippen MR) is 72.5 cm³/mol. The average Bonchev–Trinajstić information content (AvgIpc) is 2.47. The number of methoxy groups -OCH3 is 1. The number of benzene rings is 2. The van der Waals surface area contributed by atoms with Crippen molar-refractivity contribution in [3.05, 3.63) is 54.6 Å². The second-order valence-corrected chi connectivity index (χ2v) is 3.86. The van der Waals surface area contributed by atoms with Crippen molar-refractivity contribution in [2.24, 2.45) is 0 Å². The fraction of sp³-hybridized carbons (Fsp3) is 0.0667. The van der Waals surface area contributed by atoms with E-state index in [1.807, 2.05) is 42.5 Å². The zero-order valence-corrected chi connectivity index (χ0v) is 10.4. The fourth-order valence-electron chi connectivity index (χ4n) is 1.73. The Morgan fingerprint density at radius 3 is 2.26 bits per heavy atom. The van der Waals surface area contributed by atoms with Crippen molar-refractivity contribution >= 4 is 17.6 Å². The van der Waals surface area contributed by atoms with Gasteiger partial charge in [-0.25, -0.2) is 4.79 Å². The van der Waals surface area contributed by atoms with Crippen LogP contribution in [0.4, 0.5) is 5.69 Å². The summed E-state index contributed by atoms with van der Waals surface area (Å²) in [6, 6.07) is 16.9. The molecule has 0 spiro atoms. The van der Waals surface area contributed by atoms with Gasteiger partial charge >= 0.3 is 11.9 Å². The Kier molecular flexibility index (Phi) is 3.93. The van der Waals surface area contributed by atoms with E-state index < -0.39 is 11.9 Å². The fourth-order valence-corrected chi connectivity index (χ4v) is 1.73. The molecule has 2 rings (SSSR count). The maximum absolute atomic E-state index is 11.5. The lowest BCUT2D eigenvalue weighted by molar-refractivity contribution is -0.150. The number of anilines is 1. The second kappa shape index (κ2) is 5.82. The maximum atomic E-state index is 11.5. The van der Waals surface area contributed by atoms with E-state index in [0.717, 1.165) is 11.1 Å². The van der Waals surface area contributed by atoms with Crippen LogP contribution in [0.3, 0.4) is 0 Å². The van der Waals surface area contributed by atoms with Gasteiger partial charge < -0.3 is 10.1 Å². The molecular weight excluding hydrogens is 242 g/mol. The lowest BCUT2D eigenvalue weighted by Gasteiger charge is -2.10. The third-order valence-corrected chi connectivity index (χ3v) is 2.63. The molecule has 4 heteroatoms. The Morgan fingerprint density at radius 2 is 1.58 bits per heavy atom. The first-order valence-corrected chi connectivity index (χ1v) is 5.76. The monoisotopic (exact) mass is 255 g/mol. The van der Waals surface area contributed by atoms with Crippen LogP contribution in [0, 0.1) is 0 Å². The number of nitrogens with one attached hydrogen (secondary N) is 1. The Labute approximate surface area is 111 Å². The molecule has 0 aliphatic heterocycles. The van der Waals surface area contributed by atoms with Crippen LogP contribution in [-0.4, -0.2) is 19.0 Å². The summed E-state index contributed by atoms with van der Waals surface area (Å²) in [5, 5.41) is 2.55. The highest BCUT2D eigenvalue weighted by atomic mass is 16.5. The van der Waals surface area contributed by atoms with Gasteiger partial charge in [0.1, 0.15) is 0 Å². The minimum atomic E-state index is -0.914. The van der Waals surface area contributed by atoms with Gasteiger partial charge in [0, 0.05) is 11.3 Å². The van der Waals surface area contributed by atoms with E-state index in [0.29, 0.717) is 5.69 Å². The van der Waals surface area contributed by atoms with Gasteiger partial charge in [-0.2, -0.15) is 0 Å². The van der Waals surface area contributed by atoms with Gasteiger partial charge in [0.15, 0.2) is 0 Å². The number of amides is 1. The van der Waals surface area contributed by atoms with Gasteiger partial charge in [0.05, 0.1) is 7.11 Å². The van der Waals surface area contributed by atoms with E-state index in [2.05, 4.69) is 10.1 Å². The summed E-state index contributed by atoms with van der Waals surface area (Å²) in [6.45, 7) is 0. The molecule has 1 N–H and O–H groups in total. The van der Waals surface area contributed by atoms with E-state index in [4.69, 9.17) is 0 Å². The van der Waals surface area contributed by atoms with Crippen molar-refractivity contribution in [1.82, 2.24) is 0 Å². The van der Waals surface area contributed by atoms with E-state index >= 15 is 0 Å². The number of hydrogen-bond acceptors (Lipinski definition) is 3. The van der Waals surface area contributed by atoms with Crippen LogP contribution >= 0.6 is 0 Å². The molecule has 0 bridgehead atoms. The summed E-state index contributed by atoms with van der Waals surface area (Å²) in [5.41, 5.74) is 2.38. The molecule has 0 fully saturated rings. The van der Waals surface area contributed by atoms with E-state index in [1.165, 1.54) is 7.11 Å². The van der Waals surface area contributed by atoms with Crippen molar-refractivity contribution in [2.45, 2.75) is 0 Å². The van der Waals surface area contributed by atoms with Gasteiger partial charge in [0.25, 0.3) is 0 Å². The van der Waals surface area contributed by atoms with Crippen molar-refractivity contribution in [2.75, 3.05) is 12.4 Å². The van der Waals surface area contributed by atoms with Crippen molar-refractivity contribution in [1.29, 1.82) is 0 Å². The first-order chi connectivity index (χ1) is 9.22. The number of ether oxygens (including phenoxy) is 1. The Bertz CT molecular complexity index is 593. The number of esters is 1. The number of hydrogen-bond donors (Lipinski definition) is 1. The molecule has 0 unspecified atom stereocenters. The summed E-state index contributed by atoms with van der Waals surface area (Å²) < 4.78 is 4.38. The Morgan fingerprint density at radius 1 is 0.947 bits per heavy atom. The largest absolute Gasteiger partial charge is 0.462 e. The number of carbonyl (C=O) groups excluding carboxylic acids is 2. The first-order valence-electron chi connectivity index (χ1n) is 5.76. The molecule has 0 aromatic heterocycles. The van der Waals surface area contributed by atoms with Gasteiger partial charge in [-0.15, -0.1) is 0 Å². The van der Waals surface area contributed by atoms with E-state index in [9.17, 15) is 9.59 Å². The second-order valence-electron chi connectivity index (χ2n) is 3.86. The smallest absolute Gasteiger partial charge is 0.396 e. The van der Waals surface area contributed by atoms with Crippen LogP contribution in [0.2, 0.25) is 0 Å². The molecule has 0 atom stereocenters. The summed E-state index contributed by atoms with van der Waals surface area (Å²) in [4.78, 5) is 22.7. The molecule has 4 nitrogen and oxygen atoms in total. The lowest BCUT2D eigenvalue weighted by atomic mass is 10.0. The third-order valence-electron chi connectivity index (χ3n) is 2.63. The molecule has 0 radical (unpaired) electrons. The topological polar surface area (TPSA) is 55.4 Å². The van der Waals surface area contributed by atoms with Gasteiger partial charge in [0.2, 0.25) is 0 Å². The molecule has 0 saturated heterocycles. The number of carbonyl (C=O) groups is 2. The van der Waals surface area contributed by atoms with E-state index in [-0.39, 0.29) is 0 Å². The summed E-state index contributed by atoms with van der Waals surface area (Å²) in [5.74, 6) is -1.70. The van der Waals surface area contributed by atoms with Crippen LogP contribution < -0.4 is 5.32 Å². The normalized spacial score (nSPS) is 9.74. The quantitative estimate of drug-likeness (QED) is 0.662. The predicted octanol–water partition coefficient (Wildman–Crippen LogP) is 2.47. The Hall–Kier alpha value is -2.62. The SMILES string of the molecule is COC(=O)C(=O)Nc1ccccc1-c1ccccc1. The highest BCUT2D eigenvalue weighted by Crippen LogP contribution is 2.27.